The van der Waals surface area contributed by atoms with Crippen LogP contribution in [-0.2, 0) is 0 Å². The van der Waals surface area contributed by atoms with Crippen molar-refractivity contribution < 1.29 is 0 Å². The van der Waals surface area contributed by atoms with Crippen LogP contribution >= 0.6 is 0 Å². The Hall–Kier alpha value is -0.520. The molecular weight excluding hydrogens is 172 g/mol. The van der Waals surface area contributed by atoms with Crippen LogP contribution < -0.4 is 5.32 Å². The second-order valence-electron chi connectivity index (χ2n) is 4.44. The van der Waals surface area contributed by atoms with E-state index in [-0.39, 0.29) is 0 Å². The van der Waals surface area contributed by atoms with Gasteiger partial charge in [-0.15, -0.1) is 5.92 Å². The minimum Gasteiger partial charge on any atom is -0.302 e. The molecule has 2 unspecified atom stereocenters. The van der Waals surface area contributed by atoms with Crippen LogP contribution in [0.1, 0.15) is 27.7 Å². The van der Waals surface area contributed by atoms with Gasteiger partial charge < -0.3 is 5.32 Å². The van der Waals surface area contributed by atoms with Gasteiger partial charge in [0, 0.05) is 25.2 Å². The summed E-state index contributed by atoms with van der Waals surface area (Å²) in [6.07, 6.45) is 0. The van der Waals surface area contributed by atoms with Crippen molar-refractivity contribution in [2.24, 2.45) is 5.92 Å². The van der Waals surface area contributed by atoms with Gasteiger partial charge in [-0.3, -0.25) is 4.90 Å². The fraction of sp³-hybridized carbons (Fsp3) is 0.833. The minimum absolute atomic E-state index is 0.623. The highest BCUT2D eigenvalue weighted by Gasteiger charge is 2.29. The summed E-state index contributed by atoms with van der Waals surface area (Å²) in [6, 6.07) is 1.29. The lowest BCUT2D eigenvalue weighted by molar-refractivity contribution is 0.264. The zero-order valence-electron chi connectivity index (χ0n) is 9.80. The van der Waals surface area contributed by atoms with Crippen LogP contribution in [0, 0.1) is 17.8 Å². The van der Waals surface area contributed by atoms with E-state index < -0.39 is 0 Å². The Balaban J connectivity index is 2.35. The molecule has 0 spiro atoms. The highest BCUT2D eigenvalue weighted by molar-refractivity contribution is 4.99. The van der Waals surface area contributed by atoms with Crippen molar-refractivity contribution in [1.29, 1.82) is 0 Å². The molecule has 0 aromatic heterocycles. The highest BCUT2D eigenvalue weighted by Crippen LogP contribution is 2.18. The van der Waals surface area contributed by atoms with Gasteiger partial charge in [0.2, 0.25) is 0 Å². The van der Waals surface area contributed by atoms with E-state index in [9.17, 15) is 0 Å². The molecule has 1 N–H and O–H groups in total. The third-order valence-electron chi connectivity index (χ3n) is 3.00. The molecule has 80 valence electrons. The summed E-state index contributed by atoms with van der Waals surface area (Å²) in [5.41, 5.74) is 0. The number of nitrogens with zero attached hydrogens (tertiary/aromatic N) is 1. The molecule has 1 heterocycles. The van der Waals surface area contributed by atoms with Crippen LogP contribution in [0.15, 0.2) is 0 Å². The zero-order chi connectivity index (χ0) is 10.6. The Bertz CT molecular complexity index is 224. The molecule has 0 aromatic carbocycles. The number of nitrogens with one attached hydrogen (secondary N) is 1. The van der Waals surface area contributed by atoms with E-state index in [1.165, 1.54) is 13.1 Å². The van der Waals surface area contributed by atoms with Crippen LogP contribution in [-0.4, -0.2) is 36.6 Å². The maximum atomic E-state index is 3.50. The average molecular weight is 194 g/mol. The van der Waals surface area contributed by atoms with Gasteiger partial charge in [-0.2, -0.15) is 0 Å². The molecule has 2 atom stereocenters. The van der Waals surface area contributed by atoms with Crippen molar-refractivity contribution in [1.82, 2.24) is 10.2 Å². The first-order chi connectivity index (χ1) is 6.65. The Kier molecular flexibility index (Phi) is 4.44. The van der Waals surface area contributed by atoms with Crippen molar-refractivity contribution in [2.45, 2.75) is 39.8 Å². The lowest BCUT2D eigenvalue weighted by Gasteiger charge is -2.20. The molecule has 0 saturated carbocycles. The number of rotatable bonds is 3. The smallest absolute Gasteiger partial charge is 0.0579 e. The molecule has 1 aliphatic heterocycles. The molecule has 0 aromatic rings. The molecule has 1 aliphatic rings. The van der Waals surface area contributed by atoms with Gasteiger partial charge in [-0.25, -0.2) is 0 Å². The fourth-order valence-corrected chi connectivity index (χ4v) is 1.96. The monoisotopic (exact) mass is 194 g/mol. The van der Waals surface area contributed by atoms with Crippen molar-refractivity contribution in [3.05, 3.63) is 0 Å². The van der Waals surface area contributed by atoms with Crippen LogP contribution in [0.3, 0.4) is 0 Å². The van der Waals surface area contributed by atoms with Crippen LogP contribution in [0.25, 0.3) is 0 Å². The second-order valence-corrected chi connectivity index (χ2v) is 4.44. The van der Waals surface area contributed by atoms with E-state index in [0.29, 0.717) is 12.1 Å². The lowest BCUT2D eigenvalue weighted by atomic mass is 10.1. The molecule has 2 heteroatoms. The SMILES string of the molecule is CC#CCNC1CN(C(C)C)CC1C. The summed E-state index contributed by atoms with van der Waals surface area (Å²) in [7, 11) is 0. The molecule has 0 amide bonds. The molecule has 1 rings (SSSR count). The largest absolute Gasteiger partial charge is 0.302 e. The molecule has 0 aliphatic carbocycles. The van der Waals surface area contributed by atoms with Gasteiger partial charge in [0.15, 0.2) is 0 Å². The topological polar surface area (TPSA) is 15.3 Å². The number of hydrogen-bond donors (Lipinski definition) is 1. The van der Waals surface area contributed by atoms with Gasteiger partial charge >= 0.3 is 0 Å². The quantitative estimate of drug-likeness (QED) is 0.682. The highest BCUT2D eigenvalue weighted by atomic mass is 15.2. The molecular formula is C12H22N2. The molecule has 1 saturated heterocycles. The summed E-state index contributed by atoms with van der Waals surface area (Å²) in [4.78, 5) is 2.53. The molecule has 2 nitrogen and oxygen atoms in total. The first-order valence-electron chi connectivity index (χ1n) is 5.52. The van der Waals surface area contributed by atoms with E-state index in [4.69, 9.17) is 0 Å². The van der Waals surface area contributed by atoms with E-state index in [1.807, 2.05) is 6.92 Å². The Labute approximate surface area is 88.1 Å². The summed E-state index contributed by atoms with van der Waals surface area (Å²) in [5.74, 6) is 6.72. The lowest BCUT2D eigenvalue weighted by Crippen LogP contribution is -2.36. The molecule has 0 radical (unpaired) electrons. The van der Waals surface area contributed by atoms with Gasteiger partial charge in [0.1, 0.15) is 0 Å². The minimum atomic E-state index is 0.623. The third-order valence-corrected chi connectivity index (χ3v) is 3.00. The van der Waals surface area contributed by atoms with Crippen molar-refractivity contribution in [3.8, 4) is 11.8 Å². The van der Waals surface area contributed by atoms with E-state index in [0.717, 1.165) is 12.5 Å². The fourth-order valence-electron chi connectivity index (χ4n) is 1.96. The van der Waals surface area contributed by atoms with Gasteiger partial charge in [-0.1, -0.05) is 12.8 Å². The summed E-state index contributed by atoms with van der Waals surface area (Å²) >= 11 is 0. The van der Waals surface area contributed by atoms with Crippen molar-refractivity contribution in [3.63, 3.8) is 0 Å². The van der Waals surface area contributed by atoms with Crippen LogP contribution in [0.5, 0.6) is 0 Å². The first kappa shape index (κ1) is 11.6. The first-order valence-corrected chi connectivity index (χ1v) is 5.52. The predicted octanol–water partition coefficient (Wildman–Crippen LogP) is 1.33. The molecule has 0 bridgehead atoms. The summed E-state index contributed by atoms with van der Waals surface area (Å²) in [5, 5.41) is 3.50. The maximum absolute atomic E-state index is 3.50. The van der Waals surface area contributed by atoms with Crippen molar-refractivity contribution >= 4 is 0 Å². The van der Waals surface area contributed by atoms with E-state index in [2.05, 4.69) is 42.8 Å². The van der Waals surface area contributed by atoms with E-state index >= 15 is 0 Å². The normalized spacial score (nSPS) is 27.8. The predicted molar refractivity (Wildman–Crippen MR) is 61.1 cm³/mol. The van der Waals surface area contributed by atoms with Crippen LogP contribution in [0.4, 0.5) is 0 Å². The number of hydrogen-bond acceptors (Lipinski definition) is 2. The second kappa shape index (κ2) is 5.38. The van der Waals surface area contributed by atoms with Gasteiger partial charge in [0.25, 0.3) is 0 Å². The summed E-state index contributed by atoms with van der Waals surface area (Å²) < 4.78 is 0. The van der Waals surface area contributed by atoms with Crippen LogP contribution in [0.2, 0.25) is 0 Å². The zero-order valence-corrected chi connectivity index (χ0v) is 9.80. The molecule has 14 heavy (non-hydrogen) atoms. The standard InChI is InChI=1S/C12H22N2/c1-5-6-7-13-12-9-14(10(2)3)8-11(12)4/h10-13H,7-9H2,1-4H3. The van der Waals surface area contributed by atoms with E-state index in [1.54, 1.807) is 0 Å². The average Bonchev–Trinajstić information content (AvgIpc) is 2.49. The molecule has 1 fully saturated rings. The Morgan fingerprint density at radius 2 is 2.14 bits per heavy atom. The third kappa shape index (κ3) is 3.01. The van der Waals surface area contributed by atoms with Gasteiger partial charge in [-0.05, 0) is 26.7 Å². The summed E-state index contributed by atoms with van der Waals surface area (Å²) in [6.45, 7) is 12.0. The Morgan fingerprint density at radius 3 is 2.64 bits per heavy atom. The number of likely N-dealkylation sites (tertiary alicyclic amines) is 1. The van der Waals surface area contributed by atoms with Gasteiger partial charge in [0.05, 0.1) is 6.54 Å². The maximum Gasteiger partial charge on any atom is 0.0579 e. The van der Waals surface area contributed by atoms with Crippen molar-refractivity contribution in [2.75, 3.05) is 19.6 Å². The Morgan fingerprint density at radius 1 is 1.43 bits per heavy atom.